The highest BCUT2D eigenvalue weighted by atomic mass is 35.5. The van der Waals surface area contributed by atoms with E-state index in [0.717, 1.165) is 39.0 Å². The molecular weight excluding hydrogens is 462 g/mol. The molecule has 0 amide bonds. The van der Waals surface area contributed by atoms with Crippen molar-refractivity contribution in [2.24, 2.45) is 0 Å². The number of fused-ring (bicyclic) bond motifs is 1. The van der Waals surface area contributed by atoms with Crippen LogP contribution in [0.5, 0.6) is 0 Å². The second-order valence-corrected chi connectivity index (χ2v) is 10.2. The number of hydrogen-bond donors (Lipinski definition) is 1. The minimum Gasteiger partial charge on any atom is -0.479 e. The number of halogens is 1. The standard InChI is InChI=1S/C28H30ClN3O3/c1-16-18(3)32(15-19-11-13-30-14-12-19)26-22(16)24(20-7-9-21(29)10-8-20)23(17(2)31-26)25(27(33)34)35-28(4,5)6/h7-14,25H,15H2,1-6H3,(H,33,34). The number of ether oxygens (including phenoxy) is 1. The van der Waals surface area contributed by atoms with Gasteiger partial charge in [-0.05, 0) is 82.5 Å². The second kappa shape index (κ2) is 9.44. The Morgan fingerprint density at radius 2 is 1.71 bits per heavy atom. The molecule has 3 heterocycles. The van der Waals surface area contributed by atoms with Crippen LogP contribution < -0.4 is 0 Å². The van der Waals surface area contributed by atoms with E-state index in [1.54, 1.807) is 12.4 Å². The van der Waals surface area contributed by atoms with E-state index in [-0.39, 0.29) is 0 Å². The van der Waals surface area contributed by atoms with Crippen molar-refractivity contribution in [1.29, 1.82) is 0 Å². The van der Waals surface area contributed by atoms with Gasteiger partial charge in [0.05, 0.1) is 5.60 Å². The molecule has 0 spiro atoms. The predicted octanol–water partition coefficient (Wildman–Crippen LogP) is 6.67. The molecule has 6 nitrogen and oxygen atoms in total. The summed E-state index contributed by atoms with van der Waals surface area (Å²) < 4.78 is 8.27. The summed E-state index contributed by atoms with van der Waals surface area (Å²) in [4.78, 5) is 21.6. The fourth-order valence-electron chi connectivity index (χ4n) is 4.48. The maximum Gasteiger partial charge on any atom is 0.337 e. The van der Waals surface area contributed by atoms with E-state index in [2.05, 4.69) is 23.4 Å². The molecule has 1 atom stereocenters. The number of hydrogen-bond acceptors (Lipinski definition) is 4. The zero-order valence-corrected chi connectivity index (χ0v) is 21.6. The van der Waals surface area contributed by atoms with Crippen molar-refractivity contribution in [3.63, 3.8) is 0 Å². The molecule has 1 N–H and O–H groups in total. The van der Waals surface area contributed by atoms with E-state index in [9.17, 15) is 9.90 Å². The minimum atomic E-state index is -1.18. The van der Waals surface area contributed by atoms with Crippen molar-refractivity contribution in [2.45, 2.75) is 59.8 Å². The van der Waals surface area contributed by atoms with E-state index in [0.29, 0.717) is 22.8 Å². The first-order chi connectivity index (χ1) is 16.5. The van der Waals surface area contributed by atoms with Gasteiger partial charge in [0.15, 0.2) is 6.10 Å². The fraction of sp³-hybridized carbons (Fsp3) is 0.321. The first-order valence-corrected chi connectivity index (χ1v) is 11.9. The van der Waals surface area contributed by atoms with E-state index in [4.69, 9.17) is 21.3 Å². The molecule has 0 aliphatic carbocycles. The molecule has 0 radical (unpaired) electrons. The van der Waals surface area contributed by atoms with E-state index >= 15 is 0 Å². The van der Waals surface area contributed by atoms with Crippen LogP contribution in [0.2, 0.25) is 5.02 Å². The van der Waals surface area contributed by atoms with Crippen molar-refractivity contribution >= 4 is 28.6 Å². The van der Waals surface area contributed by atoms with Crippen LogP contribution in [0.4, 0.5) is 0 Å². The van der Waals surface area contributed by atoms with Gasteiger partial charge in [-0.1, -0.05) is 23.7 Å². The topological polar surface area (TPSA) is 77.2 Å². The number of benzene rings is 1. The van der Waals surface area contributed by atoms with Gasteiger partial charge >= 0.3 is 5.97 Å². The van der Waals surface area contributed by atoms with Crippen LogP contribution in [-0.2, 0) is 16.1 Å². The SMILES string of the molecule is Cc1nc2c(c(C)c(C)n2Cc2ccncc2)c(-c2ccc(Cl)cc2)c1C(OC(C)(C)C)C(=O)O. The summed E-state index contributed by atoms with van der Waals surface area (Å²) in [6.45, 7) is 12.2. The van der Waals surface area contributed by atoms with Crippen molar-refractivity contribution < 1.29 is 14.6 Å². The number of carboxylic acids is 1. The first-order valence-electron chi connectivity index (χ1n) is 11.5. The highest BCUT2D eigenvalue weighted by Gasteiger charge is 2.33. The first kappa shape index (κ1) is 24.9. The highest BCUT2D eigenvalue weighted by Crippen LogP contribution is 2.42. The summed E-state index contributed by atoms with van der Waals surface area (Å²) in [7, 11) is 0. The molecule has 182 valence electrons. The van der Waals surface area contributed by atoms with E-state index in [1.807, 2.05) is 64.1 Å². The Morgan fingerprint density at radius 1 is 1.09 bits per heavy atom. The minimum absolute atomic E-state index is 0.561. The summed E-state index contributed by atoms with van der Waals surface area (Å²) in [6, 6.07) is 11.5. The van der Waals surface area contributed by atoms with Crippen molar-refractivity contribution in [2.75, 3.05) is 0 Å². The Morgan fingerprint density at radius 3 is 2.29 bits per heavy atom. The summed E-state index contributed by atoms with van der Waals surface area (Å²) >= 11 is 6.20. The lowest BCUT2D eigenvalue weighted by Crippen LogP contribution is -2.28. The van der Waals surface area contributed by atoms with Gasteiger partial charge in [0.1, 0.15) is 5.65 Å². The number of aliphatic carboxylic acids is 1. The van der Waals surface area contributed by atoms with Gasteiger partial charge in [-0.25, -0.2) is 9.78 Å². The summed E-state index contributed by atoms with van der Waals surface area (Å²) in [5.41, 5.74) is 6.23. The Kier molecular flexibility index (Phi) is 6.71. The van der Waals surface area contributed by atoms with Crippen LogP contribution in [0.25, 0.3) is 22.2 Å². The number of aromatic nitrogens is 3. The van der Waals surface area contributed by atoms with Crippen LogP contribution >= 0.6 is 11.6 Å². The molecule has 1 unspecified atom stereocenters. The van der Waals surface area contributed by atoms with Crippen LogP contribution in [0.15, 0.2) is 48.8 Å². The Labute approximate surface area is 210 Å². The Bertz CT molecular complexity index is 1390. The summed E-state index contributed by atoms with van der Waals surface area (Å²) in [5.74, 6) is -1.05. The highest BCUT2D eigenvalue weighted by molar-refractivity contribution is 6.30. The molecule has 0 aliphatic heterocycles. The van der Waals surface area contributed by atoms with Gasteiger partial charge in [-0.15, -0.1) is 0 Å². The number of nitrogens with zero attached hydrogens (tertiary/aromatic N) is 3. The molecule has 7 heteroatoms. The smallest absolute Gasteiger partial charge is 0.337 e. The molecule has 0 bridgehead atoms. The maximum absolute atomic E-state index is 12.5. The summed E-state index contributed by atoms with van der Waals surface area (Å²) in [6.07, 6.45) is 2.38. The molecule has 0 fully saturated rings. The number of aryl methyl sites for hydroxylation is 2. The Balaban J connectivity index is 2.08. The monoisotopic (exact) mass is 491 g/mol. The van der Waals surface area contributed by atoms with Crippen LogP contribution in [0.3, 0.4) is 0 Å². The van der Waals surface area contributed by atoms with Crippen LogP contribution in [0.1, 0.15) is 55.0 Å². The Hall–Kier alpha value is -3.22. The van der Waals surface area contributed by atoms with E-state index < -0.39 is 17.7 Å². The van der Waals surface area contributed by atoms with Gasteiger partial charge < -0.3 is 14.4 Å². The second-order valence-electron chi connectivity index (χ2n) is 9.79. The lowest BCUT2D eigenvalue weighted by Gasteiger charge is -2.28. The van der Waals surface area contributed by atoms with Crippen molar-refractivity contribution in [3.05, 3.63) is 81.9 Å². The molecule has 0 aliphatic rings. The average molecular weight is 492 g/mol. The lowest BCUT2D eigenvalue weighted by atomic mass is 9.91. The number of carboxylic acid groups (broad SMARTS) is 1. The molecule has 1 aromatic carbocycles. The largest absolute Gasteiger partial charge is 0.479 e. The lowest BCUT2D eigenvalue weighted by molar-refractivity contribution is -0.160. The van der Waals surface area contributed by atoms with Crippen molar-refractivity contribution in [1.82, 2.24) is 14.5 Å². The van der Waals surface area contributed by atoms with Crippen molar-refractivity contribution in [3.8, 4) is 11.1 Å². The fourth-order valence-corrected chi connectivity index (χ4v) is 4.61. The van der Waals surface area contributed by atoms with Crippen LogP contribution in [0, 0.1) is 20.8 Å². The van der Waals surface area contributed by atoms with Gasteiger partial charge in [-0.2, -0.15) is 0 Å². The van der Waals surface area contributed by atoms with Gasteiger partial charge in [0, 0.05) is 51.9 Å². The van der Waals surface area contributed by atoms with Gasteiger partial charge in [-0.3, -0.25) is 4.98 Å². The number of carbonyl (C=O) groups is 1. The van der Waals surface area contributed by atoms with Gasteiger partial charge in [0.2, 0.25) is 0 Å². The molecule has 4 aromatic rings. The molecule has 0 saturated heterocycles. The van der Waals surface area contributed by atoms with E-state index in [1.165, 1.54) is 0 Å². The normalized spacial score (nSPS) is 12.8. The van der Waals surface area contributed by atoms with Crippen LogP contribution in [-0.4, -0.2) is 31.2 Å². The van der Waals surface area contributed by atoms with Gasteiger partial charge in [0.25, 0.3) is 0 Å². The maximum atomic E-state index is 12.5. The third-order valence-corrected chi connectivity index (χ3v) is 6.42. The average Bonchev–Trinajstić information content (AvgIpc) is 3.02. The quantitative estimate of drug-likeness (QED) is 0.326. The molecule has 4 rings (SSSR count). The zero-order chi connectivity index (χ0) is 25.5. The predicted molar refractivity (Wildman–Crippen MR) is 139 cm³/mol. The zero-order valence-electron chi connectivity index (χ0n) is 20.9. The number of rotatable bonds is 6. The third-order valence-electron chi connectivity index (χ3n) is 6.17. The molecule has 35 heavy (non-hydrogen) atoms. The molecular formula is C28H30ClN3O3. The number of pyridine rings is 2. The molecule has 0 saturated carbocycles. The summed E-state index contributed by atoms with van der Waals surface area (Å²) in [5, 5.41) is 11.8. The molecule has 3 aromatic heterocycles. The third kappa shape index (κ3) is 4.95.